The highest BCUT2D eigenvalue weighted by Crippen LogP contribution is 2.46. The Kier molecular flexibility index (Phi) is 3.62. The normalized spacial score (nSPS) is 17.7. The topological polar surface area (TPSA) is 72.2 Å². The molecule has 18 heavy (non-hydrogen) atoms. The van der Waals surface area contributed by atoms with Gasteiger partial charge in [0.1, 0.15) is 4.90 Å². The van der Waals surface area contributed by atoms with Gasteiger partial charge in [-0.25, -0.2) is 13.1 Å². The van der Waals surface area contributed by atoms with Crippen LogP contribution in [0, 0.1) is 6.92 Å². The summed E-state index contributed by atoms with van der Waals surface area (Å²) in [5.41, 5.74) is 6.75. The second-order valence-electron chi connectivity index (χ2n) is 4.70. The Labute approximate surface area is 112 Å². The molecule has 0 amide bonds. The van der Waals surface area contributed by atoms with E-state index >= 15 is 0 Å². The molecular weight excluding hydrogens is 268 g/mol. The van der Waals surface area contributed by atoms with Crippen LogP contribution in [0.4, 0.5) is 5.69 Å². The fourth-order valence-corrected chi connectivity index (χ4v) is 4.23. The lowest BCUT2D eigenvalue weighted by atomic mass is 10.2. The Bertz CT molecular complexity index is 531. The Morgan fingerprint density at radius 3 is 2.61 bits per heavy atom. The number of aryl methyl sites for hydroxylation is 1. The largest absolute Gasteiger partial charge is 0.398 e. The highest BCUT2D eigenvalue weighted by Gasteiger charge is 2.42. The number of hydrogen-bond acceptors (Lipinski definition) is 4. The summed E-state index contributed by atoms with van der Waals surface area (Å²) in [5.74, 6) is 0. The van der Waals surface area contributed by atoms with Crippen molar-refractivity contribution in [1.82, 2.24) is 4.72 Å². The van der Waals surface area contributed by atoms with E-state index in [4.69, 9.17) is 5.73 Å². The fourth-order valence-electron chi connectivity index (χ4n) is 1.93. The molecule has 4 nitrogen and oxygen atoms in total. The van der Waals surface area contributed by atoms with E-state index in [-0.39, 0.29) is 9.64 Å². The van der Waals surface area contributed by atoms with Crippen LogP contribution in [0.15, 0.2) is 23.1 Å². The Morgan fingerprint density at radius 2 is 2.11 bits per heavy atom. The SMILES string of the molecule is CSC1(CNS(=O)(=O)c2c(C)cccc2N)CC1. The number of nitrogens with one attached hydrogen (secondary N) is 1. The van der Waals surface area contributed by atoms with Crippen molar-refractivity contribution in [1.29, 1.82) is 0 Å². The molecule has 1 aromatic carbocycles. The molecule has 100 valence electrons. The predicted molar refractivity (Wildman–Crippen MR) is 76.3 cm³/mol. The Balaban J connectivity index is 2.21. The summed E-state index contributed by atoms with van der Waals surface area (Å²) < 4.78 is 27.3. The number of benzene rings is 1. The molecule has 0 atom stereocenters. The van der Waals surface area contributed by atoms with E-state index in [0.717, 1.165) is 12.8 Å². The molecule has 0 saturated heterocycles. The summed E-state index contributed by atoms with van der Waals surface area (Å²) in [6.07, 6.45) is 4.16. The molecule has 3 N–H and O–H groups in total. The van der Waals surface area contributed by atoms with Crippen LogP contribution >= 0.6 is 11.8 Å². The van der Waals surface area contributed by atoms with Gasteiger partial charge >= 0.3 is 0 Å². The summed E-state index contributed by atoms with van der Waals surface area (Å²) in [7, 11) is -3.51. The van der Waals surface area contributed by atoms with Crippen molar-refractivity contribution in [3.63, 3.8) is 0 Å². The molecule has 1 aromatic rings. The third-order valence-corrected chi connectivity index (χ3v) is 6.37. The number of hydrogen-bond donors (Lipinski definition) is 2. The van der Waals surface area contributed by atoms with Crippen LogP contribution in [-0.4, -0.2) is 26.0 Å². The van der Waals surface area contributed by atoms with E-state index in [1.54, 1.807) is 36.9 Å². The minimum atomic E-state index is -3.51. The Hall–Kier alpha value is -0.720. The van der Waals surface area contributed by atoms with Gasteiger partial charge in [-0.3, -0.25) is 0 Å². The first kappa shape index (κ1) is 13.7. The molecule has 2 rings (SSSR count). The third-order valence-electron chi connectivity index (χ3n) is 3.34. The minimum Gasteiger partial charge on any atom is -0.398 e. The van der Waals surface area contributed by atoms with Crippen molar-refractivity contribution in [2.24, 2.45) is 0 Å². The molecule has 0 bridgehead atoms. The summed E-state index contributed by atoms with van der Waals surface area (Å²) in [6, 6.07) is 5.13. The quantitative estimate of drug-likeness (QED) is 0.809. The van der Waals surface area contributed by atoms with Gasteiger partial charge in [-0.05, 0) is 37.7 Å². The molecule has 1 aliphatic carbocycles. The molecular formula is C12H18N2O2S2. The number of sulfonamides is 1. The summed E-state index contributed by atoms with van der Waals surface area (Å²) >= 11 is 1.72. The number of thioether (sulfide) groups is 1. The maximum absolute atomic E-state index is 12.3. The highest BCUT2D eigenvalue weighted by molar-refractivity contribution is 8.00. The van der Waals surface area contributed by atoms with Gasteiger partial charge in [0.05, 0.1) is 5.69 Å². The van der Waals surface area contributed by atoms with Crippen molar-refractivity contribution in [2.75, 3.05) is 18.5 Å². The van der Waals surface area contributed by atoms with Crippen molar-refractivity contribution in [2.45, 2.75) is 29.4 Å². The second kappa shape index (κ2) is 4.75. The molecule has 0 unspecified atom stereocenters. The summed E-state index contributed by atoms with van der Waals surface area (Å²) in [5, 5.41) is 0. The molecule has 1 saturated carbocycles. The average Bonchev–Trinajstić information content (AvgIpc) is 3.07. The van der Waals surface area contributed by atoms with Crippen LogP contribution in [0.1, 0.15) is 18.4 Å². The van der Waals surface area contributed by atoms with E-state index in [0.29, 0.717) is 17.8 Å². The lowest BCUT2D eigenvalue weighted by Crippen LogP contribution is -2.32. The zero-order chi connectivity index (χ0) is 13.4. The second-order valence-corrected chi connectivity index (χ2v) is 7.68. The zero-order valence-corrected chi connectivity index (χ0v) is 12.2. The maximum Gasteiger partial charge on any atom is 0.242 e. The lowest BCUT2D eigenvalue weighted by Gasteiger charge is -2.15. The van der Waals surface area contributed by atoms with Crippen molar-refractivity contribution in [3.8, 4) is 0 Å². The van der Waals surface area contributed by atoms with Crippen LogP contribution in [0.25, 0.3) is 0 Å². The molecule has 0 aliphatic heterocycles. The third kappa shape index (κ3) is 2.65. The van der Waals surface area contributed by atoms with Crippen LogP contribution < -0.4 is 10.5 Å². The molecule has 0 heterocycles. The van der Waals surface area contributed by atoms with E-state index in [1.165, 1.54) is 0 Å². The van der Waals surface area contributed by atoms with Crippen LogP contribution in [0.5, 0.6) is 0 Å². The highest BCUT2D eigenvalue weighted by atomic mass is 32.2. The van der Waals surface area contributed by atoms with Crippen molar-refractivity contribution in [3.05, 3.63) is 23.8 Å². The van der Waals surface area contributed by atoms with Crippen LogP contribution in [0.2, 0.25) is 0 Å². The zero-order valence-electron chi connectivity index (χ0n) is 10.6. The van der Waals surface area contributed by atoms with Gasteiger partial charge in [-0.1, -0.05) is 12.1 Å². The first-order valence-electron chi connectivity index (χ1n) is 5.80. The predicted octanol–water partition coefficient (Wildman–Crippen LogP) is 1.75. The number of nitrogen functional groups attached to an aromatic ring is 1. The van der Waals surface area contributed by atoms with Gasteiger partial charge in [-0.15, -0.1) is 0 Å². The van der Waals surface area contributed by atoms with Gasteiger partial charge in [0, 0.05) is 11.3 Å². The van der Waals surface area contributed by atoms with Gasteiger partial charge in [0.2, 0.25) is 10.0 Å². The average molecular weight is 286 g/mol. The van der Waals surface area contributed by atoms with E-state index in [9.17, 15) is 8.42 Å². The van der Waals surface area contributed by atoms with E-state index in [2.05, 4.69) is 4.72 Å². The molecule has 0 spiro atoms. The lowest BCUT2D eigenvalue weighted by molar-refractivity contribution is 0.579. The van der Waals surface area contributed by atoms with Gasteiger partial charge in [0.25, 0.3) is 0 Å². The molecule has 0 radical (unpaired) electrons. The van der Waals surface area contributed by atoms with Gasteiger partial charge in [0.15, 0.2) is 0 Å². The molecule has 1 aliphatic rings. The minimum absolute atomic E-state index is 0.102. The Morgan fingerprint density at radius 1 is 1.44 bits per heavy atom. The monoisotopic (exact) mass is 286 g/mol. The van der Waals surface area contributed by atoms with Gasteiger partial charge in [-0.2, -0.15) is 11.8 Å². The standard InChI is InChI=1S/C12H18N2O2S2/c1-9-4-3-5-10(13)11(9)18(15,16)14-8-12(17-2)6-7-12/h3-5,14H,6-8,13H2,1-2H3. The summed E-state index contributed by atoms with van der Waals surface area (Å²) in [6.45, 7) is 2.23. The first-order chi connectivity index (χ1) is 8.40. The van der Waals surface area contributed by atoms with Crippen molar-refractivity contribution >= 4 is 27.5 Å². The molecule has 6 heteroatoms. The van der Waals surface area contributed by atoms with Crippen LogP contribution in [0.3, 0.4) is 0 Å². The maximum atomic E-state index is 12.3. The van der Waals surface area contributed by atoms with Crippen LogP contribution in [-0.2, 0) is 10.0 Å². The smallest absolute Gasteiger partial charge is 0.242 e. The first-order valence-corrected chi connectivity index (χ1v) is 8.51. The molecule has 0 aromatic heterocycles. The van der Waals surface area contributed by atoms with Gasteiger partial charge < -0.3 is 5.73 Å². The number of anilines is 1. The van der Waals surface area contributed by atoms with Crippen molar-refractivity contribution < 1.29 is 8.42 Å². The summed E-state index contributed by atoms with van der Waals surface area (Å²) in [4.78, 5) is 0.210. The molecule has 1 fully saturated rings. The van der Waals surface area contributed by atoms with E-state index in [1.807, 2.05) is 6.26 Å². The number of nitrogens with two attached hydrogens (primary N) is 1. The number of rotatable bonds is 5. The fraction of sp³-hybridized carbons (Fsp3) is 0.500. The van der Waals surface area contributed by atoms with E-state index < -0.39 is 10.0 Å².